The summed E-state index contributed by atoms with van der Waals surface area (Å²) in [6.45, 7) is 3.96. The van der Waals surface area contributed by atoms with Gasteiger partial charge in [0.2, 0.25) is 0 Å². The number of carbonyl (C=O) groups excluding carboxylic acids is 1. The van der Waals surface area contributed by atoms with Gasteiger partial charge in [0.15, 0.2) is 0 Å². The van der Waals surface area contributed by atoms with Crippen LogP contribution in [0, 0.1) is 0 Å². The Kier molecular flexibility index (Phi) is 6.76. The molecule has 0 heterocycles. The van der Waals surface area contributed by atoms with Gasteiger partial charge in [0.25, 0.3) is 15.9 Å². The molecule has 2 N–H and O–H groups in total. The lowest BCUT2D eigenvalue weighted by molar-refractivity contribution is 0.102. The number of hydrogen-bond acceptors (Lipinski definition) is 4. The summed E-state index contributed by atoms with van der Waals surface area (Å²) in [6, 6.07) is 19.0. The number of ether oxygens (including phenoxy) is 1. The largest absolute Gasteiger partial charge is 0.490 e. The van der Waals surface area contributed by atoms with E-state index in [-0.39, 0.29) is 16.5 Å². The lowest BCUT2D eigenvalue weighted by Gasteiger charge is -2.11. The third-order valence-corrected chi connectivity index (χ3v) is 5.74. The smallest absolute Gasteiger partial charge is 0.261 e. The fraction of sp³-hybridized carbons (Fsp3) is 0.0455. The van der Waals surface area contributed by atoms with Gasteiger partial charge in [-0.3, -0.25) is 9.52 Å². The van der Waals surface area contributed by atoms with E-state index >= 15 is 0 Å². The van der Waals surface area contributed by atoms with Gasteiger partial charge in [-0.1, -0.05) is 36.4 Å². The van der Waals surface area contributed by atoms with E-state index < -0.39 is 10.0 Å². The van der Waals surface area contributed by atoms with Crippen LogP contribution in [0.25, 0.3) is 0 Å². The van der Waals surface area contributed by atoms with E-state index in [2.05, 4.69) is 16.6 Å². The molecule has 0 unspecified atom stereocenters. The minimum Gasteiger partial charge on any atom is -0.490 e. The lowest BCUT2D eigenvalue weighted by Crippen LogP contribution is -2.14. The monoisotopic (exact) mass is 442 g/mol. The summed E-state index contributed by atoms with van der Waals surface area (Å²) < 4.78 is 32.9. The summed E-state index contributed by atoms with van der Waals surface area (Å²) in [5.41, 5.74) is 1.19. The topological polar surface area (TPSA) is 84.5 Å². The Hall–Kier alpha value is -3.29. The molecule has 3 aromatic carbocycles. The fourth-order valence-electron chi connectivity index (χ4n) is 2.53. The Labute approximate surface area is 180 Å². The van der Waals surface area contributed by atoms with Crippen molar-refractivity contribution in [2.75, 3.05) is 16.6 Å². The van der Waals surface area contributed by atoms with E-state index in [4.69, 9.17) is 16.3 Å². The van der Waals surface area contributed by atoms with E-state index in [9.17, 15) is 13.2 Å². The molecule has 0 aliphatic carbocycles. The molecule has 3 aromatic rings. The number of para-hydroxylation sites is 1. The highest BCUT2D eigenvalue weighted by molar-refractivity contribution is 7.92. The van der Waals surface area contributed by atoms with Gasteiger partial charge in [0, 0.05) is 11.3 Å². The quantitative estimate of drug-likeness (QED) is 0.483. The molecule has 1 amide bonds. The highest BCUT2D eigenvalue weighted by Gasteiger charge is 2.16. The van der Waals surface area contributed by atoms with Gasteiger partial charge < -0.3 is 10.1 Å². The van der Waals surface area contributed by atoms with Gasteiger partial charge in [-0.2, -0.15) is 0 Å². The van der Waals surface area contributed by atoms with Crippen LogP contribution in [0.4, 0.5) is 11.4 Å². The second kappa shape index (κ2) is 9.47. The first-order chi connectivity index (χ1) is 14.4. The van der Waals surface area contributed by atoms with E-state index in [1.165, 1.54) is 24.3 Å². The van der Waals surface area contributed by atoms with Gasteiger partial charge in [0.05, 0.1) is 15.6 Å². The van der Waals surface area contributed by atoms with E-state index in [1.807, 2.05) is 0 Å². The second-order valence-electron chi connectivity index (χ2n) is 6.19. The van der Waals surface area contributed by atoms with Crippen LogP contribution in [0.1, 0.15) is 10.4 Å². The van der Waals surface area contributed by atoms with Crippen molar-refractivity contribution >= 4 is 38.9 Å². The Morgan fingerprint density at radius 3 is 2.30 bits per heavy atom. The summed E-state index contributed by atoms with van der Waals surface area (Å²) in [5.74, 6) is 0.307. The minimum atomic E-state index is -3.81. The van der Waals surface area contributed by atoms with Crippen LogP contribution < -0.4 is 14.8 Å². The first-order valence-corrected chi connectivity index (χ1v) is 10.8. The molecule has 0 spiro atoms. The van der Waals surface area contributed by atoms with Gasteiger partial charge in [-0.25, -0.2) is 8.42 Å². The second-order valence-corrected chi connectivity index (χ2v) is 8.28. The zero-order chi connectivity index (χ0) is 21.6. The average molecular weight is 443 g/mol. The predicted molar refractivity (Wildman–Crippen MR) is 119 cm³/mol. The zero-order valence-corrected chi connectivity index (χ0v) is 17.4. The molecule has 0 saturated carbocycles. The summed E-state index contributed by atoms with van der Waals surface area (Å²) in [4.78, 5) is 12.4. The number of amides is 1. The van der Waals surface area contributed by atoms with Crippen LogP contribution in [0.5, 0.6) is 5.75 Å². The van der Waals surface area contributed by atoms with Crippen molar-refractivity contribution < 1.29 is 17.9 Å². The number of anilines is 2. The van der Waals surface area contributed by atoms with E-state index in [0.717, 1.165) is 0 Å². The van der Waals surface area contributed by atoms with Crippen molar-refractivity contribution in [2.24, 2.45) is 0 Å². The number of halogens is 1. The number of hydrogen-bond donors (Lipinski definition) is 2. The number of rotatable bonds is 8. The van der Waals surface area contributed by atoms with Crippen molar-refractivity contribution in [2.45, 2.75) is 4.90 Å². The molecule has 0 fully saturated rings. The SMILES string of the molecule is C=CCOc1ccc(C(=O)Nc2ccc(S(=O)(=O)Nc3ccccc3Cl)cc2)cc1. The van der Waals surface area contributed by atoms with Gasteiger partial charge in [-0.15, -0.1) is 0 Å². The third-order valence-electron chi connectivity index (χ3n) is 4.03. The Bertz CT molecular complexity index is 1140. The molecule has 0 atom stereocenters. The summed E-state index contributed by atoms with van der Waals surface area (Å²) >= 11 is 6.01. The summed E-state index contributed by atoms with van der Waals surface area (Å²) in [6.07, 6.45) is 1.63. The number of carbonyl (C=O) groups is 1. The average Bonchev–Trinajstić information content (AvgIpc) is 2.74. The van der Waals surface area contributed by atoms with Crippen LogP contribution in [0.3, 0.4) is 0 Å². The maximum Gasteiger partial charge on any atom is 0.261 e. The van der Waals surface area contributed by atoms with Crippen LogP contribution in [-0.4, -0.2) is 20.9 Å². The number of benzene rings is 3. The molecular formula is C22H19ClN2O4S. The van der Waals surface area contributed by atoms with Gasteiger partial charge in [0.1, 0.15) is 12.4 Å². The van der Waals surface area contributed by atoms with Crippen LogP contribution in [0.15, 0.2) is 90.3 Å². The molecule has 0 bridgehead atoms. The molecule has 30 heavy (non-hydrogen) atoms. The van der Waals surface area contributed by atoms with Gasteiger partial charge in [-0.05, 0) is 60.7 Å². The van der Waals surface area contributed by atoms with Crippen molar-refractivity contribution in [1.29, 1.82) is 0 Å². The van der Waals surface area contributed by atoms with E-state index in [0.29, 0.717) is 28.6 Å². The maximum atomic E-state index is 12.5. The van der Waals surface area contributed by atoms with Gasteiger partial charge >= 0.3 is 0 Å². The van der Waals surface area contributed by atoms with Crippen LogP contribution in [-0.2, 0) is 10.0 Å². The maximum absolute atomic E-state index is 12.5. The molecule has 0 aliphatic heterocycles. The normalized spacial score (nSPS) is 10.8. The molecule has 0 aliphatic rings. The highest BCUT2D eigenvalue weighted by Crippen LogP contribution is 2.24. The standard InChI is InChI=1S/C22H19ClN2O4S/c1-2-15-29-18-11-7-16(8-12-18)22(26)24-17-9-13-19(14-10-17)30(27,28)25-21-6-4-3-5-20(21)23/h2-14,25H,1,15H2,(H,24,26). The van der Waals surface area contributed by atoms with Crippen molar-refractivity contribution in [1.82, 2.24) is 0 Å². The number of sulfonamides is 1. The predicted octanol–water partition coefficient (Wildman–Crippen LogP) is 4.96. The molecule has 6 nitrogen and oxygen atoms in total. The molecule has 0 saturated heterocycles. The minimum absolute atomic E-state index is 0.0455. The van der Waals surface area contributed by atoms with Crippen LogP contribution in [0.2, 0.25) is 5.02 Å². The lowest BCUT2D eigenvalue weighted by atomic mass is 10.2. The summed E-state index contributed by atoms with van der Waals surface area (Å²) in [5, 5.41) is 3.02. The molecule has 154 valence electrons. The van der Waals surface area contributed by atoms with Crippen molar-refractivity contribution in [3.05, 3.63) is 96.0 Å². The zero-order valence-electron chi connectivity index (χ0n) is 15.8. The van der Waals surface area contributed by atoms with Crippen molar-refractivity contribution in [3.8, 4) is 5.75 Å². The molecular weight excluding hydrogens is 424 g/mol. The summed E-state index contributed by atoms with van der Waals surface area (Å²) in [7, 11) is -3.81. The Morgan fingerprint density at radius 2 is 1.67 bits per heavy atom. The highest BCUT2D eigenvalue weighted by atomic mass is 35.5. The number of nitrogens with one attached hydrogen (secondary N) is 2. The third kappa shape index (κ3) is 5.40. The first-order valence-electron chi connectivity index (χ1n) is 8.91. The molecule has 8 heteroatoms. The first kappa shape index (κ1) is 21.4. The Balaban J connectivity index is 1.67. The molecule has 0 radical (unpaired) electrons. The fourth-order valence-corrected chi connectivity index (χ4v) is 3.84. The van der Waals surface area contributed by atoms with E-state index in [1.54, 1.807) is 54.6 Å². The van der Waals surface area contributed by atoms with Crippen LogP contribution >= 0.6 is 11.6 Å². The molecule has 3 rings (SSSR count). The van der Waals surface area contributed by atoms with Crippen molar-refractivity contribution in [3.63, 3.8) is 0 Å². The Morgan fingerprint density at radius 1 is 1.00 bits per heavy atom. The molecule has 0 aromatic heterocycles.